The van der Waals surface area contributed by atoms with Crippen LogP contribution in [0.5, 0.6) is 0 Å². The molecule has 0 radical (unpaired) electrons. The van der Waals surface area contributed by atoms with Gasteiger partial charge in [-0.05, 0) is 18.3 Å². The first kappa shape index (κ1) is 16.7. The molecular weight excluding hydrogens is 306 g/mol. The van der Waals surface area contributed by atoms with Gasteiger partial charge in [-0.2, -0.15) is 0 Å². The molecule has 1 heterocycles. The predicted octanol–water partition coefficient (Wildman–Crippen LogP) is 3.75. The third kappa shape index (κ3) is 3.59. The second-order valence-corrected chi connectivity index (χ2v) is 7.04. The Labute approximate surface area is 125 Å². The van der Waals surface area contributed by atoms with E-state index < -0.39 is 5.41 Å². The Balaban J connectivity index is 2.90. The first-order valence-electron chi connectivity index (χ1n) is 7.22. The van der Waals surface area contributed by atoms with Crippen LogP contribution in [0.1, 0.15) is 59.8 Å². The van der Waals surface area contributed by atoms with E-state index in [0.29, 0.717) is 13.0 Å². The van der Waals surface area contributed by atoms with Crippen LogP contribution in [0.25, 0.3) is 0 Å². The SMILES string of the molecule is CCCC(CBr)(CCC)CN1C(=O)CC(C)(C)C1=O. The zero-order valence-electron chi connectivity index (χ0n) is 12.6. The van der Waals surface area contributed by atoms with E-state index in [0.717, 1.165) is 31.0 Å². The summed E-state index contributed by atoms with van der Waals surface area (Å²) in [7, 11) is 0. The van der Waals surface area contributed by atoms with Crippen LogP contribution >= 0.6 is 15.9 Å². The van der Waals surface area contributed by atoms with Crippen molar-refractivity contribution in [3.05, 3.63) is 0 Å². The number of imide groups is 1. The summed E-state index contributed by atoms with van der Waals surface area (Å²) in [5.41, 5.74) is -0.483. The number of hydrogen-bond donors (Lipinski definition) is 0. The Hall–Kier alpha value is -0.380. The van der Waals surface area contributed by atoms with Crippen LogP contribution in [0, 0.1) is 10.8 Å². The number of carbonyl (C=O) groups is 2. The summed E-state index contributed by atoms with van der Waals surface area (Å²) in [6, 6.07) is 0. The number of likely N-dealkylation sites (tertiary alicyclic amines) is 1. The van der Waals surface area contributed by atoms with E-state index >= 15 is 0 Å². The second-order valence-electron chi connectivity index (χ2n) is 6.48. The molecule has 1 fully saturated rings. The first-order valence-corrected chi connectivity index (χ1v) is 8.35. The standard InChI is InChI=1S/C15H26BrNO2/c1-5-7-15(10-16,8-6-2)11-17-12(18)9-14(3,4)13(17)19/h5-11H2,1-4H3. The van der Waals surface area contributed by atoms with Gasteiger partial charge in [-0.15, -0.1) is 0 Å². The number of rotatable bonds is 7. The molecule has 2 amide bonds. The summed E-state index contributed by atoms with van der Waals surface area (Å²) in [5, 5.41) is 0.846. The second kappa shape index (κ2) is 6.38. The average molecular weight is 332 g/mol. The molecule has 0 N–H and O–H groups in total. The fourth-order valence-electron chi connectivity index (χ4n) is 3.04. The number of carbonyl (C=O) groups excluding carboxylic acids is 2. The molecule has 3 nitrogen and oxygen atoms in total. The minimum absolute atomic E-state index is 0.00460. The van der Waals surface area contributed by atoms with Crippen molar-refractivity contribution in [2.45, 2.75) is 59.8 Å². The maximum atomic E-state index is 12.3. The van der Waals surface area contributed by atoms with Gasteiger partial charge in [0.1, 0.15) is 0 Å². The summed E-state index contributed by atoms with van der Waals surface area (Å²) in [6.07, 6.45) is 4.59. The Morgan fingerprint density at radius 2 is 1.74 bits per heavy atom. The lowest BCUT2D eigenvalue weighted by Gasteiger charge is -2.35. The fourth-order valence-corrected chi connectivity index (χ4v) is 3.78. The molecule has 0 aromatic rings. The molecule has 0 atom stereocenters. The van der Waals surface area contributed by atoms with E-state index in [4.69, 9.17) is 0 Å². The van der Waals surface area contributed by atoms with Crippen molar-refractivity contribution in [1.29, 1.82) is 0 Å². The molecule has 110 valence electrons. The maximum absolute atomic E-state index is 12.3. The van der Waals surface area contributed by atoms with E-state index in [9.17, 15) is 9.59 Å². The normalized spacial score (nSPS) is 19.3. The third-order valence-corrected chi connectivity index (χ3v) is 5.25. The molecule has 1 aliphatic rings. The molecule has 0 aliphatic carbocycles. The minimum atomic E-state index is -0.520. The smallest absolute Gasteiger partial charge is 0.235 e. The quantitative estimate of drug-likeness (QED) is 0.526. The summed E-state index contributed by atoms with van der Waals surface area (Å²) in [5.74, 6) is -0.0115. The molecular formula is C15H26BrNO2. The first-order chi connectivity index (χ1) is 8.82. The van der Waals surface area contributed by atoms with Gasteiger partial charge in [0, 0.05) is 18.3 Å². The van der Waals surface area contributed by atoms with Crippen LogP contribution in [0.4, 0.5) is 0 Å². The molecule has 1 aliphatic heterocycles. The lowest BCUT2D eigenvalue weighted by Crippen LogP contribution is -2.43. The number of hydrogen-bond acceptors (Lipinski definition) is 2. The largest absolute Gasteiger partial charge is 0.282 e. The summed E-state index contributed by atoms with van der Waals surface area (Å²) >= 11 is 3.60. The van der Waals surface area contributed by atoms with Crippen molar-refractivity contribution in [3.8, 4) is 0 Å². The summed E-state index contributed by atoms with van der Waals surface area (Å²) in [6.45, 7) is 8.61. The number of amides is 2. The van der Waals surface area contributed by atoms with Crippen LogP contribution in [-0.4, -0.2) is 28.6 Å². The molecule has 19 heavy (non-hydrogen) atoms. The van der Waals surface area contributed by atoms with Crippen molar-refractivity contribution in [1.82, 2.24) is 4.90 Å². The van der Waals surface area contributed by atoms with Crippen molar-refractivity contribution < 1.29 is 9.59 Å². The Bertz CT molecular complexity index is 346. The summed E-state index contributed by atoms with van der Waals surface area (Å²) < 4.78 is 0. The van der Waals surface area contributed by atoms with Crippen molar-refractivity contribution >= 4 is 27.7 Å². The van der Waals surface area contributed by atoms with Crippen LogP contribution in [-0.2, 0) is 9.59 Å². The molecule has 0 spiro atoms. The monoisotopic (exact) mass is 331 g/mol. The molecule has 1 saturated heterocycles. The van der Waals surface area contributed by atoms with Crippen LogP contribution < -0.4 is 0 Å². The minimum Gasteiger partial charge on any atom is -0.282 e. The lowest BCUT2D eigenvalue weighted by molar-refractivity contribution is -0.142. The number of nitrogens with zero attached hydrogens (tertiary/aromatic N) is 1. The average Bonchev–Trinajstić information content (AvgIpc) is 2.52. The number of alkyl halides is 1. The van der Waals surface area contributed by atoms with Crippen molar-refractivity contribution in [2.75, 3.05) is 11.9 Å². The zero-order chi connectivity index (χ0) is 14.7. The highest BCUT2D eigenvalue weighted by molar-refractivity contribution is 9.09. The van der Waals surface area contributed by atoms with E-state index in [2.05, 4.69) is 29.8 Å². The van der Waals surface area contributed by atoms with Crippen LogP contribution in [0.2, 0.25) is 0 Å². The number of halogens is 1. The molecule has 0 aromatic carbocycles. The van der Waals surface area contributed by atoms with Crippen LogP contribution in [0.3, 0.4) is 0 Å². The zero-order valence-corrected chi connectivity index (χ0v) is 14.2. The van der Waals surface area contributed by atoms with E-state index in [1.54, 1.807) is 0 Å². The van der Waals surface area contributed by atoms with Gasteiger partial charge in [-0.25, -0.2) is 0 Å². The van der Waals surface area contributed by atoms with Crippen molar-refractivity contribution in [2.24, 2.45) is 10.8 Å². The van der Waals surface area contributed by atoms with Gasteiger partial charge in [0.2, 0.25) is 11.8 Å². The van der Waals surface area contributed by atoms with Crippen LogP contribution in [0.15, 0.2) is 0 Å². The van der Waals surface area contributed by atoms with Gasteiger partial charge in [0.05, 0.1) is 5.41 Å². The Morgan fingerprint density at radius 3 is 2.05 bits per heavy atom. The van der Waals surface area contributed by atoms with E-state index in [1.165, 1.54) is 4.90 Å². The summed E-state index contributed by atoms with van der Waals surface area (Å²) in [4.78, 5) is 25.9. The molecule has 4 heteroatoms. The van der Waals surface area contributed by atoms with Crippen molar-refractivity contribution in [3.63, 3.8) is 0 Å². The molecule has 0 unspecified atom stereocenters. The predicted molar refractivity (Wildman–Crippen MR) is 81.2 cm³/mol. The Kier molecular flexibility index (Phi) is 5.60. The topological polar surface area (TPSA) is 37.4 Å². The lowest BCUT2D eigenvalue weighted by atomic mass is 9.80. The molecule has 0 aromatic heterocycles. The van der Waals surface area contributed by atoms with Gasteiger partial charge >= 0.3 is 0 Å². The molecule has 1 rings (SSSR count). The van der Waals surface area contributed by atoms with Gasteiger partial charge in [-0.1, -0.05) is 56.5 Å². The highest BCUT2D eigenvalue weighted by atomic mass is 79.9. The Morgan fingerprint density at radius 1 is 1.21 bits per heavy atom. The molecule has 0 saturated carbocycles. The molecule has 0 bridgehead atoms. The van der Waals surface area contributed by atoms with E-state index in [1.807, 2.05) is 13.8 Å². The van der Waals surface area contributed by atoms with Gasteiger partial charge in [-0.3, -0.25) is 14.5 Å². The highest BCUT2D eigenvalue weighted by Crippen LogP contribution is 2.38. The van der Waals surface area contributed by atoms with Gasteiger partial charge in [0.15, 0.2) is 0 Å². The van der Waals surface area contributed by atoms with E-state index in [-0.39, 0.29) is 17.2 Å². The van der Waals surface area contributed by atoms with Gasteiger partial charge in [0.25, 0.3) is 0 Å². The maximum Gasteiger partial charge on any atom is 0.235 e. The fraction of sp³-hybridized carbons (Fsp3) is 0.867. The highest BCUT2D eigenvalue weighted by Gasteiger charge is 2.47. The van der Waals surface area contributed by atoms with Gasteiger partial charge < -0.3 is 0 Å². The third-order valence-electron chi connectivity index (χ3n) is 4.06.